The Bertz CT molecular complexity index is 593. The molecule has 18 heavy (non-hydrogen) atoms. The minimum absolute atomic E-state index is 0.446. The predicted molar refractivity (Wildman–Crippen MR) is 75.4 cm³/mol. The molecule has 0 amide bonds. The second kappa shape index (κ2) is 4.99. The van der Waals surface area contributed by atoms with Crippen LogP contribution in [-0.4, -0.2) is 12.1 Å². The summed E-state index contributed by atoms with van der Waals surface area (Å²) in [6, 6.07) is 8.13. The van der Waals surface area contributed by atoms with E-state index < -0.39 is 0 Å². The van der Waals surface area contributed by atoms with Crippen LogP contribution in [0.2, 0.25) is 5.15 Å². The van der Waals surface area contributed by atoms with E-state index in [1.807, 2.05) is 12.1 Å². The first-order valence-electron chi connectivity index (χ1n) is 5.81. The van der Waals surface area contributed by atoms with Crippen molar-refractivity contribution in [2.75, 3.05) is 7.11 Å². The average Bonchev–Trinajstić information content (AvgIpc) is 2.33. The van der Waals surface area contributed by atoms with Crippen molar-refractivity contribution in [3.8, 4) is 17.0 Å². The van der Waals surface area contributed by atoms with Crippen LogP contribution >= 0.6 is 11.6 Å². The second-order valence-electron chi connectivity index (χ2n) is 4.47. The zero-order valence-corrected chi connectivity index (χ0v) is 11.8. The summed E-state index contributed by atoms with van der Waals surface area (Å²) in [6.45, 7) is 6.33. The molecule has 2 nitrogen and oxygen atoms in total. The predicted octanol–water partition coefficient (Wildman–Crippen LogP) is 4.34. The van der Waals surface area contributed by atoms with Crippen molar-refractivity contribution < 1.29 is 4.74 Å². The number of methoxy groups -OCH3 is 1. The molecule has 1 aromatic heterocycles. The molecule has 0 unspecified atom stereocenters. The number of pyridine rings is 1. The van der Waals surface area contributed by atoms with Crippen molar-refractivity contribution in [3.05, 3.63) is 46.1 Å². The van der Waals surface area contributed by atoms with Gasteiger partial charge in [-0.05, 0) is 54.7 Å². The Morgan fingerprint density at radius 3 is 2.28 bits per heavy atom. The van der Waals surface area contributed by atoms with Gasteiger partial charge in [0.25, 0.3) is 0 Å². The average molecular weight is 262 g/mol. The molecule has 0 aliphatic heterocycles. The standard InChI is InChI=1S/C15H16ClNO/c1-9-5-11(3)13(6-10(9)2)12-7-14(16)17-15(8-12)18-4/h5-8H,1-4H3. The number of nitrogens with zero attached hydrogens (tertiary/aromatic N) is 1. The van der Waals surface area contributed by atoms with Crippen LogP contribution in [0.1, 0.15) is 16.7 Å². The molecular weight excluding hydrogens is 246 g/mol. The summed E-state index contributed by atoms with van der Waals surface area (Å²) in [5, 5.41) is 0.446. The van der Waals surface area contributed by atoms with Gasteiger partial charge in [-0.2, -0.15) is 0 Å². The Labute approximate surface area is 113 Å². The van der Waals surface area contributed by atoms with E-state index in [-0.39, 0.29) is 0 Å². The van der Waals surface area contributed by atoms with Crippen LogP contribution in [0.25, 0.3) is 11.1 Å². The lowest BCUT2D eigenvalue weighted by Gasteiger charge is -2.11. The van der Waals surface area contributed by atoms with Gasteiger partial charge in [0.2, 0.25) is 5.88 Å². The molecule has 3 heteroatoms. The largest absolute Gasteiger partial charge is 0.481 e. The highest BCUT2D eigenvalue weighted by Gasteiger charge is 2.08. The van der Waals surface area contributed by atoms with Gasteiger partial charge in [0.1, 0.15) is 5.15 Å². The fourth-order valence-corrected chi connectivity index (χ4v) is 2.21. The summed E-state index contributed by atoms with van der Waals surface area (Å²) in [7, 11) is 1.59. The number of ether oxygens (including phenoxy) is 1. The van der Waals surface area contributed by atoms with E-state index in [1.54, 1.807) is 7.11 Å². The topological polar surface area (TPSA) is 22.1 Å². The summed E-state index contributed by atoms with van der Waals surface area (Å²) < 4.78 is 5.16. The number of aromatic nitrogens is 1. The molecule has 0 aliphatic rings. The fourth-order valence-electron chi connectivity index (χ4n) is 2.00. The van der Waals surface area contributed by atoms with Crippen molar-refractivity contribution in [3.63, 3.8) is 0 Å². The maximum atomic E-state index is 6.01. The van der Waals surface area contributed by atoms with Crippen LogP contribution < -0.4 is 4.74 Å². The van der Waals surface area contributed by atoms with Gasteiger partial charge in [-0.1, -0.05) is 23.7 Å². The van der Waals surface area contributed by atoms with Crippen LogP contribution in [0.15, 0.2) is 24.3 Å². The molecule has 1 aromatic carbocycles. The van der Waals surface area contributed by atoms with E-state index in [4.69, 9.17) is 16.3 Å². The highest BCUT2D eigenvalue weighted by Crippen LogP contribution is 2.30. The molecule has 0 fully saturated rings. The lowest BCUT2D eigenvalue weighted by Crippen LogP contribution is -1.92. The van der Waals surface area contributed by atoms with Gasteiger partial charge < -0.3 is 4.74 Å². The van der Waals surface area contributed by atoms with Crippen LogP contribution in [0.3, 0.4) is 0 Å². The molecule has 0 spiro atoms. The van der Waals surface area contributed by atoms with Crippen LogP contribution in [0.4, 0.5) is 0 Å². The molecule has 0 radical (unpaired) electrons. The van der Waals surface area contributed by atoms with E-state index in [9.17, 15) is 0 Å². The Kier molecular flexibility index (Phi) is 3.58. The molecule has 0 N–H and O–H groups in total. The van der Waals surface area contributed by atoms with E-state index in [0.717, 1.165) is 5.56 Å². The van der Waals surface area contributed by atoms with Crippen LogP contribution in [0.5, 0.6) is 5.88 Å². The number of rotatable bonds is 2. The Hall–Kier alpha value is -1.54. The summed E-state index contributed by atoms with van der Waals surface area (Å²) in [5.41, 5.74) is 5.99. The summed E-state index contributed by atoms with van der Waals surface area (Å²) in [4.78, 5) is 4.09. The monoisotopic (exact) mass is 261 g/mol. The first kappa shape index (κ1) is 12.9. The Balaban J connectivity index is 2.61. The molecule has 2 rings (SSSR count). The molecule has 1 heterocycles. The van der Waals surface area contributed by atoms with Crippen molar-refractivity contribution in [1.29, 1.82) is 0 Å². The number of halogens is 1. The summed E-state index contributed by atoms with van der Waals surface area (Å²) >= 11 is 6.01. The van der Waals surface area contributed by atoms with E-state index in [1.165, 1.54) is 22.3 Å². The van der Waals surface area contributed by atoms with Gasteiger partial charge in [-0.3, -0.25) is 0 Å². The molecule has 0 saturated heterocycles. The number of benzene rings is 1. The smallest absolute Gasteiger partial charge is 0.214 e. The third kappa shape index (κ3) is 2.49. The van der Waals surface area contributed by atoms with Gasteiger partial charge >= 0.3 is 0 Å². The summed E-state index contributed by atoms with van der Waals surface area (Å²) in [6.07, 6.45) is 0. The van der Waals surface area contributed by atoms with Crippen molar-refractivity contribution in [2.45, 2.75) is 20.8 Å². The number of aryl methyl sites for hydroxylation is 3. The van der Waals surface area contributed by atoms with Gasteiger partial charge in [0.05, 0.1) is 7.11 Å². The Morgan fingerprint density at radius 2 is 1.61 bits per heavy atom. The van der Waals surface area contributed by atoms with Gasteiger partial charge in [0, 0.05) is 6.07 Å². The third-order valence-electron chi connectivity index (χ3n) is 3.13. The van der Waals surface area contributed by atoms with E-state index in [0.29, 0.717) is 11.0 Å². The Morgan fingerprint density at radius 1 is 0.944 bits per heavy atom. The molecule has 0 atom stereocenters. The van der Waals surface area contributed by atoms with E-state index in [2.05, 4.69) is 37.9 Å². The van der Waals surface area contributed by atoms with Gasteiger partial charge in [-0.15, -0.1) is 0 Å². The third-order valence-corrected chi connectivity index (χ3v) is 3.33. The quantitative estimate of drug-likeness (QED) is 0.751. The molecule has 0 aliphatic carbocycles. The fraction of sp³-hybridized carbons (Fsp3) is 0.267. The van der Waals surface area contributed by atoms with Crippen molar-refractivity contribution in [1.82, 2.24) is 4.98 Å². The molecular formula is C15H16ClNO. The van der Waals surface area contributed by atoms with Crippen molar-refractivity contribution >= 4 is 11.6 Å². The van der Waals surface area contributed by atoms with Gasteiger partial charge in [-0.25, -0.2) is 4.98 Å². The molecule has 0 bridgehead atoms. The minimum atomic E-state index is 0.446. The second-order valence-corrected chi connectivity index (χ2v) is 4.86. The molecule has 94 valence electrons. The first-order chi connectivity index (χ1) is 8.51. The SMILES string of the molecule is COc1cc(-c2cc(C)c(C)cc2C)cc(Cl)n1. The lowest BCUT2D eigenvalue weighted by molar-refractivity contribution is 0.398. The maximum absolute atomic E-state index is 6.01. The van der Waals surface area contributed by atoms with Gasteiger partial charge in [0.15, 0.2) is 0 Å². The van der Waals surface area contributed by atoms with Crippen LogP contribution in [-0.2, 0) is 0 Å². The lowest BCUT2D eigenvalue weighted by atomic mass is 9.96. The molecule has 0 saturated carbocycles. The molecule has 2 aromatic rings. The van der Waals surface area contributed by atoms with Crippen molar-refractivity contribution in [2.24, 2.45) is 0 Å². The number of hydrogen-bond donors (Lipinski definition) is 0. The normalized spacial score (nSPS) is 10.5. The minimum Gasteiger partial charge on any atom is -0.481 e. The highest BCUT2D eigenvalue weighted by atomic mass is 35.5. The first-order valence-corrected chi connectivity index (χ1v) is 6.19. The maximum Gasteiger partial charge on any atom is 0.214 e. The zero-order chi connectivity index (χ0) is 13.3. The highest BCUT2D eigenvalue weighted by molar-refractivity contribution is 6.29. The van der Waals surface area contributed by atoms with E-state index >= 15 is 0 Å². The zero-order valence-electron chi connectivity index (χ0n) is 11.0. The summed E-state index contributed by atoms with van der Waals surface area (Å²) in [5.74, 6) is 0.537. The number of hydrogen-bond acceptors (Lipinski definition) is 2. The van der Waals surface area contributed by atoms with Crippen LogP contribution in [0, 0.1) is 20.8 Å².